The third kappa shape index (κ3) is 2.81. The fourth-order valence-corrected chi connectivity index (χ4v) is 3.53. The van der Waals surface area contributed by atoms with E-state index >= 15 is 0 Å². The second kappa shape index (κ2) is 6.03. The highest BCUT2D eigenvalue weighted by Gasteiger charge is 2.51. The Bertz CT molecular complexity index is 768. The third-order valence-corrected chi connectivity index (χ3v) is 4.43. The number of nitrogens with one attached hydrogen (secondary N) is 1. The Morgan fingerprint density at radius 2 is 1.96 bits per heavy atom. The van der Waals surface area contributed by atoms with Gasteiger partial charge in [0.2, 0.25) is 6.04 Å². The molecule has 1 aliphatic rings. The van der Waals surface area contributed by atoms with Gasteiger partial charge in [-0.25, -0.2) is 0 Å². The summed E-state index contributed by atoms with van der Waals surface area (Å²) in [5.74, 6) is -0.334. The van der Waals surface area contributed by atoms with Gasteiger partial charge in [0, 0.05) is 24.5 Å². The average molecular weight is 325 g/mol. The Balaban J connectivity index is 2.23. The van der Waals surface area contributed by atoms with E-state index in [0.717, 1.165) is 5.56 Å². The van der Waals surface area contributed by atoms with Gasteiger partial charge in [0.05, 0.1) is 22.6 Å². The van der Waals surface area contributed by atoms with Gasteiger partial charge in [-0.2, -0.15) is 9.83 Å². The van der Waals surface area contributed by atoms with Gasteiger partial charge in [-0.1, -0.05) is 6.07 Å². The van der Waals surface area contributed by atoms with E-state index in [9.17, 15) is 10.4 Å². The molecule has 3 heterocycles. The highest BCUT2D eigenvalue weighted by molar-refractivity contribution is 7.84. The standard InChI is InChI=1S/C17H16N4OS/c1-17(22)15(21-9-3-2-4-10-21)14(12-5-7-19-8-6-12)13(11-18)16(23)20-17/h2-10,14-15,20,22H,1H3/p+1. The minimum atomic E-state index is -1.27. The lowest BCUT2D eigenvalue weighted by Crippen LogP contribution is -2.62. The van der Waals surface area contributed by atoms with E-state index in [1.807, 2.05) is 47.3 Å². The molecule has 2 N–H and O–H groups in total. The molecule has 6 heteroatoms. The van der Waals surface area contributed by atoms with Crippen LogP contribution in [-0.4, -0.2) is 15.8 Å². The van der Waals surface area contributed by atoms with Gasteiger partial charge < -0.3 is 10.4 Å². The first kappa shape index (κ1) is 15.5. The highest BCUT2D eigenvalue weighted by atomic mass is 32.1. The number of aliphatic hydroxyl groups is 1. The lowest BCUT2D eigenvalue weighted by Gasteiger charge is -2.39. The Kier molecular flexibility index (Phi) is 4.07. The zero-order valence-electron chi connectivity index (χ0n) is 12.6. The maximum absolute atomic E-state index is 11.0. The molecule has 5 nitrogen and oxygen atoms in total. The van der Waals surface area contributed by atoms with Gasteiger partial charge >= 0.3 is 0 Å². The number of aromatic nitrogens is 2. The SMILES string of the molecule is CC1(O)NC(S)=C(C#N)C(c2ccncc2)C1[n+]1ccccc1. The summed E-state index contributed by atoms with van der Waals surface area (Å²) in [5.41, 5.74) is 0.135. The number of pyridine rings is 2. The van der Waals surface area contributed by atoms with E-state index in [1.165, 1.54) is 0 Å². The van der Waals surface area contributed by atoms with Crippen molar-refractivity contribution in [2.75, 3.05) is 0 Å². The molecule has 3 unspecified atom stereocenters. The van der Waals surface area contributed by atoms with Crippen LogP contribution in [0.4, 0.5) is 0 Å². The van der Waals surface area contributed by atoms with Crippen molar-refractivity contribution >= 4 is 12.6 Å². The van der Waals surface area contributed by atoms with Gasteiger partial charge in [-0.05, 0) is 24.6 Å². The van der Waals surface area contributed by atoms with Crippen LogP contribution < -0.4 is 9.88 Å². The molecule has 0 fully saturated rings. The van der Waals surface area contributed by atoms with Crippen molar-refractivity contribution in [2.24, 2.45) is 0 Å². The molecule has 116 valence electrons. The normalized spacial score (nSPS) is 27.2. The molecule has 3 rings (SSSR count). The molecule has 0 aliphatic carbocycles. The summed E-state index contributed by atoms with van der Waals surface area (Å²) in [4.78, 5) is 4.04. The van der Waals surface area contributed by atoms with Crippen molar-refractivity contribution in [3.05, 3.63) is 71.3 Å². The Labute approximate surface area is 140 Å². The Morgan fingerprint density at radius 1 is 1.30 bits per heavy atom. The molecule has 2 aromatic rings. The summed E-state index contributed by atoms with van der Waals surface area (Å²) < 4.78 is 1.91. The number of thiol groups is 1. The molecule has 0 aromatic carbocycles. The smallest absolute Gasteiger partial charge is 0.216 e. The fourth-order valence-electron chi connectivity index (χ4n) is 3.11. The summed E-state index contributed by atoms with van der Waals surface area (Å²) in [6, 6.07) is 11.3. The summed E-state index contributed by atoms with van der Waals surface area (Å²) in [7, 11) is 0. The van der Waals surface area contributed by atoms with E-state index in [4.69, 9.17) is 0 Å². The molecular formula is C17H17N4OS+. The molecule has 3 atom stereocenters. The first-order valence-electron chi connectivity index (χ1n) is 7.24. The Hall–Kier alpha value is -2.36. The van der Waals surface area contributed by atoms with Crippen molar-refractivity contribution < 1.29 is 9.67 Å². The van der Waals surface area contributed by atoms with Crippen LogP contribution in [-0.2, 0) is 0 Å². The van der Waals surface area contributed by atoms with E-state index in [-0.39, 0.29) is 5.92 Å². The second-order valence-electron chi connectivity index (χ2n) is 5.67. The summed E-state index contributed by atoms with van der Waals surface area (Å²) in [6.07, 6.45) is 7.14. The van der Waals surface area contributed by atoms with E-state index in [2.05, 4.69) is 29.0 Å². The number of hydrogen-bond acceptors (Lipinski definition) is 5. The molecule has 0 bridgehead atoms. The first-order valence-corrected chi connectivity index (χ1v) is 7.69. The van der Waals surface area contributed by atoms with Gasteiger partial charge in [-0.3, -0.25) is 4.98 Å². The highest BCUT2D eigenvalue weighted by Crippen LogP contribution is 2.42. The van der Waals surface area contributed by atoms with Crippen LogP contribution >= 0.6 is 12.6 Å². The first-order chi connectivity index (χ1) is 11.0. The van der Waals surface area contributed by atoms with Crippen LogP contribution in [0.3, 0.4) is 0 Å². The van der Waals surface area contributed by atoms with Gasteiger partial charge in [-0.15, -0.1) is 12.6 Å². The number of nitriles is 1. The zero-order chi connectivity index (χ0) is 16.4. The predicted molar refractivity (Wildman–Crippen MR) is 88.0 cm³/mol. The second-order valence-corrected chi connectivity index (χ2v) is 6.12. The molecule has 1 aliphatic heterocycles. The van der Waals surface area contributed by atoms with Crippen LogP contribution in [0.2, 0.25) is 0 Å². The van der Waals surface area contributed by atoms with E-state index in [0.29, 0.717) is 10.6 Å². The summed E-state index contributed by atoms with van der Waals surface area (Å²) in [5, 5.41) is 23.9. The fraction of sp³-hybridized carbons (Fsp3) is 0.235. The molecule has 0 amide bonds. The maximum atomic E-state index is 11.0. The lowest BCUT2D eigenvalue weighted by atomic mass is 9.78. The minimum Gasteiger partial charge on any atom is -0.366 e. The quantitative estimate of drug-likeness (QED) is 0.580. The number of allylic oxidation sites excluding steroid dienone is 1. The van der Waals surface area contributed by atoms with Crippen LogP contribution in [0.15, 0.2) is 65.7 Å². The zero-order valence-corrected chi connectivity index (χ0v) is 13.5. The monoisotopic (exact) mass is 325 g/mol. The molecule has 0 spiro atoms. The van der Waals surface area contributed by atoms with Crippen molar-refractivity contribution in [3.8, 4) is 6.07 Å². The van der Waals surface area contributed by atoms with E-state index < -0.39 is 11.8 Å². The van der Waals surface area contributed by atoms with Crippen molar-refractivity contribution in [2.45, 2.75) is 24.6 Å². The number of nitrogens with zero attached hydrogens (tertiary/aromatic N) is 3. The van der Waals surface area contributed by atoms with Gasteiger partial charge in [0.1, 0.15) is 0 Å². The topological polar surface area (TPSA) is 72.8 Å². The maximum Gasteiger partial charge on any atom is 0.216 e. The summed E-state index contributed by atoms with van der Waals surface area (Å²) >= 11 is 4.37. The molecule has 2 aromatic heterocycles. The van der Waals surface area contributed by atoms with Crippen LogP contribution in [0, 0.1) is 11.3 Å². The van der Waals surface area contributed by atoms with Crippen molar-refractivity contribution in [1.29, 1.82) is 5.26 Å². The van der Waals surface area contributed by atoms with Crippen LogP contribution in [0.1, 0.15) is 24.4 Å². The minimum absolute atomic E-state index is 0.334. The largest absolute Gasteiger partial charge is 0.366 e. The summed E-state index contributed by atoms with van der Waals surface area (Å²) in [6.45, 7) is 1.69. The Morgan fingerprint density at radius 3 is 2.57 bits per heavy atom. The number of rotatable bonds is 2. The van der Waals surface area contributed by atoms with Crippen LogP contribution in [0.25, 0.3) is 0 Å². The molecule has 0 saturated carbocycles. The third-order valence-electron chi connectivity index (χ3n) is 4.07. The number of hydrogen-bond donors (Lipinski definition) is 3. The molecule has 0 saturated heterocycles. The molecule has 0 radical (unpaired) electrons. The van der Waals surface area contributed by atoms with Crippen molar-refractivity contribution in [3.63, 3.8) is 0 Å². The van der Waals surface area contributed by atoms with Gasteiger partial charge in [0.15, 0.2) is 18.1 Å². The predicted octanol–water partition coefficient (Wildman–Crippen LogP) is 1.67. The van der Waals surface area contributed by atoms with Gasteiger partial charge in [0.25, 0.3) is 0 Å². The molecular weight excluding hydrogens is 308 g/mol. The van der Waals surface area contributed by atoms with Crippen LogP contribution in [0.5, 0.6) is 0 Å². The van der Waals surface area contributed by atoms with Crippen molar-refractivity contribution in [1.82, 2.24) is 10.3 Å². The molecule has 23 heavy (non-hydrogen) atoms. The van der Waals surface area contributed by atoms with E-state index in [1.54, 1.807) is 19.3 Å². The average Bonchev–Trinajstić information content (AvgIpc) is 2.55. The lowest BCUT2D eigenvalue weighted by molar-refractivity contribution is -0.741.